The Hall–Kier alpha value is -1.93. The molecule has 138 valence electrons. The molecule has 0 aromatic heterocycles. The van der Waals surface area contributed by atoms with Crippen LogP contribution in [0.15, 0.2) is 29.2 Å². The first-order valence-electron chi connectivity index (χ1n) is 8.39. The van der Waals surface area contributed by atoms with E-state index in [1.165, 1.54) is 17.0 Å². The molecule has 1 aromatic carbocycles. The quantitative estimate of drug-likeness (QED) is 0.832. The lowest BCUT2D eigenvalue weighted by atomic mass is 10.2. The highest BCUT2D eigenvalue weighted by atomic mass is 32.2. The third kappa shape index (κ3) is 3.85. The zero-order chi connectivity index (χ0) is 18.8. The van der Waals surface area contributed by atoms with Crippen LogP contribution in [0.1, 0.15) is 32.3 Å². The summed E-state index contributed by atoms with van der Waals surface area (Å²) >= 11 is 0. The SMILES string of the molecule is CCN(C(=O)[C@@H]1CCCN1C(=O)[C@H](C)N)S(=O)(=O)c1ccc(C)cc1. The molecule has 2 N–H and O–H groups in total. The predicted molar refractivity (Wildman–Crippen MR) is 94.1 cm³/mol. The Morgan fingerprint density at radius 1 is 1.32 bits per heavy atom. The number of carbonyl (C=O) groups excluding carboxylic acids is 2. The van der Waals surface area contributed by atoms with Crippen molar-refractivity contribution in [3.63, 3.8) is 0 Å². The van der Waals surface area contributed by atoms with Gasteiger partial charge in [0.15, 0.2) is 0 Å². The van der Waals surface area contributed by atoms with Crippen molar-refractivity contribution in [1.29, 1.82) is 0 Å². The Labute approximate surface area is 148 Å². The van der Waals surface area contributed by atoms with Crippen molar-refractivity contribution in [3.8, 4) is 0 Å². The Morgan fingerprint density at radius 3 is 2.44 bits per heavy atom. The van der Waals surface area contributed by atoms with Crippen LogP contribution < -0.4 is 5.73 Å². The Balaban J connectivity index is 2.31. The molecule has 2 amide bonds. The van der Waals surface area contributed by atoms with Gasteiger partial charge in [0.1, 0.15) is 6.04 Å². The third-order valence-corrected chi connectivity index (χ3v) is 6.24. The first-order chi connectivity index (χ1) is 11.7. The number of nitrogens with zero attached hydrogens (tertiary/aromatic N) is 2. The number of likely N-dealkylation sites (N-methyl/N-ethyl adjacent to an activating group) is 1. The summed E-state index contributed by atoms with van der Waals surface area (Å²) < 4.78 is 26.6. The molecule has 8 heteroatoms. The van der Waals surface area contributed by atoms with Crippen molar-refractivity contribution >= 4 is 21.8 Å². The summed E-state index contributed by atoms with van der Waals surface area (Å²) in [4.78, 5) is 26.6. The van der Waals surface area contributed by atoms with Crippen LogP contribution in [0.2, 0.25) is 0 Å². The minimum Gasteiger partial charge on any atom is -0.329 e. The number of hydrogen-bond acceptors (Lipinski definition) is 5. The molecule has 0 saturated carbocycles. The molecule has 1 aliphatic heterocycles. The first-order valence-corrected chi connectivity index (χ1v) is 9.83. The number of aryl methyl sites for hydroxylation is 1. The summed E-state index contributed by atoms with van der Waals surface area (Å²) in [6, 6.07) is 4.84. The number of hydrogen-bond donors (Lipinski definition) is 1. The fraction of sp³-hybridized carbons (Fsp3) is 0.529. The van der Waals surface area contributed by atoms with Crippen molar-refractivity contribution in [2.45, 2.75) is 50.6 Å². The molecule has 1 saturated heterocycles. The maximum atomic E-state index is 12.9. The van der Waals surface area contributed by atoms with Crippen LogP contribution in [-0.2, 0) is 19.6 Å². The molecule has 7 nitrogen and oxygen atoms in total. The molecule has 1 fully saturated rings. The summed E-state index contributed by atoms with van der Waals surface area (Å²) in [7, 11) is -3.96. The molecule has 0 radical (unpaired) electrons. The molecule has 0 bridgehead atoms. The second kappa shape index (κ2) is 7.53. The molecular formula is C17H25N3O4S. The highest BCUT2D eigenvalue weighted by Gasteiger charge is 2.40. The van der Waals surface area contributed by atoms with E-state index >= 15 is 0 Å². The molecular weight excluding hydrogens is 342 g/mol. The summed E-state index contributed by atoms with van der Waals surface area (Å²) in [5, 5.41) is 0. The van der Waals surface area contributed by atoms with Gasteiger partial charge in [0.2, 0.25) is 5.91 Å². The number of rotatable bonds is 5. The molecule has 25 heavy (non-hydrogen) atoms. The average Bonchev–Trinajstić information content (AvgIpc) is 3.04. The van der Waals surface area contributed by atoms with Gasteiger partial charge in [-0.15, -0.1) is 0 Å². The zero-order valence-electron chi connectivity index (χ0n) is 14.8. The second-order valence-electron chi connectivity index (χ2n) is 6.30. The molecule has 1 heterocycles. The standard InChI is InChI=1S/C17H25N3O4S/c1-4-20(25(23,24)14-9-7-12(2)8-10-14)17(22)15-6-5-11-19(15)16(21)13(3)18/h7-10,13,15H,4-6,11,18H2,1-3H3/t13-,15-/m0/s1. The second-order valence-corrected chi connectivity index (χ2v) is 8.16. The van der Waals surface area contributed by atoms with Crippen LogP contribution in [0.3, 0.4) is 0 Å². The van der Waals surface area contributed by atoms with E-state index in [9.17, 15) is 18.0 Å². The van der Waals surface area contributed by atoms with E-state index in [0.717, 1.165) is 9.87 Å². The molecule has 0 unspecified atom stereocenters. The van der Waals surface area contributed by atoms with E-state index in [2.05, 4.69) is 0 Å². The van der Waals surface area contributed by atoms with Gasteiger partial charge in [-0.3, -0.25) is 9.59 Å². The number of amides is 2. The van der Waals surface area contributed by atoms with E-state index in [4.69, 9.17) is 5.73 Å². The lowest BCUT2D eigenvalue weighted by molar-refractivity contribution is -0.141. The number of likely N-dealkylation sites (tertiary alicyclic amines) is 1. The molecule has 1 aromatic rings. The lowest BCUT2D eigenvalue weighted by Crippen LogP contribution is -2.52. The number of benzene rings is 1. The summed E-state index contributed by atoms with van der Waals surface area (Å²) in [6.45, 7) is 5.44. The fourth-order valence-electron chi connectivity index (χ4n) is 3.00. The first kappa shape index (κ1) is 19.4. The summed E-state index contributed by atoms with van der Waals surface area (Å²) in [5.41, 5.74) is 6.57. The van der Waals surface area contributed by atoms with Gasteiger partial charge in [-0.2, -0.15) is 0 Å². The normalized spacial score (nSPS) is 18.9. The minimum atomic E-state index is -3.96. The number of sulfonamides is 1. The van der Waals surface area contributed by atoms with Crippen molar-refractivity contribution in [2.75, 3.05) is 13.1 Å². The van der Waals surface area contributed by atoms with Gasteiger partial charge >= 0.3 is 0 Å². The van der Waals surface area contributed by atoms with Gasteiger partial charge < -0.3 is 10.6 Å². The summed E-state index contributed by atoms with van der Waals surface area (Å²) in [5.74, 6) is -0.908. The molecule has 0 spiro atoms. The smallest absolute Gasteiger partial charge is 0.266 e. The lowest BCUT2D eigenvalue weighted by Gasteiger charge is -2.30. The maximum absolute atomic E-state index is 12.9. The van der Waals surface area contributed by atoms with E-state index in [1.54, 1.807) is 26.0 Å². The Kier molecular flexibility index (Phi) is 5.84. The monoisotopic (exact) mass is 367 g/mol. The minimum absolute atomic E-state index is 0.00571. The summed E-state index contributed by atoms with van der Waals surface area (Å²) in [6.07, 6.45) is 1.09. The van der Waals surface area contributed by atoms with Gasteiger partial charge in [0.25, 0.3) is 15.9 Å². The number of carbonyl (C=O) groups is 2. The highest BCUT2D eigenvalue weighted by molar-refractivity contribution is 7.89. The van der Waals surface area contributed by atoms with E-state index in [1.807, 2.05) is 6.92 Å². The van der Waals surface area contributed by atoms with Gasteiger partial charge in [0, 0.05) is 13.1 Å². The van der Waals surface area contributed by atoms with Crippen molar-refractivity contribution in [2.24, 2.45) is 5.73 Å². The van der Waals surface area contributed by atoms with Crippen LogP contribution in [0.5, 0.6) is 0 Å². The Bertz CT molecular complexity index is 744. The fourth-order valence-corrected chi connectivity index (χ4v) is 4.43. The van der Waals surface area contributed by atoms with Gasteiger partial charge in [-0.25, -0.2) is 12.7 Å². The van der Waals surface area contributed by atoms with E-state index in [-0.39, 0.29) is 17.3 Å². The molecule has 2 atom stereocenters. The van der Waals surface area contributed by atoms with Crippen LogP contribution in [0.4, 0.5) is 0 Å². The van der Waals surface area contributed by atoms with Crippen molar-refractivity contribution in [1.82, 2.24) is 9.21 Å². The van der Waals surface area contributed by atoms with Gasteiger partial charge in [-0.1, -0.05) is 17.7 Å². The van der Waals surface area contributed by atoms with Crippen molar-refractivity contribution < 1.29 is 18.0 Å². The van der Waals surface area contributed by atoms with Gasteiger partial charge in [0.05, 0.1) is 10.9 Å². The molecule has 1 aliphatic rings. The molecule has 2 rings (SSSR count). The van der Waals surface area contributed by atoms with Crippen LogP contribution in [0, 0.1) is 6.92 Å². The predicted octanol–water partition coefficient (Wildman–Crippen LogP) is 0.870. The van der Waals surface area contributed by atoms with Crippen molar-refractivity contribution in [3.05, 3.63) is 29.8 Å². The topological polar surface area (TPSA) is 101 Å². The maximum Gasteiger partial charge on any atom is 0.266 e. The third-order valence-electron chi connectivity index (χ3n) is 4.35. The Morgan fingerprint density at radius 2 is 1.92 bits per heavy atom. The van der Waals surface area contributed by atoms with Crippen LogP contribution in [0.25, 0.3) is 0 Å². The average molecular weight is 367 g/mol. The number of nitrogens with two attached hydrogens (primary N) is 1. The van der Waals surface area contributed by atoms with Crippen LogP contribution in [-0.4, -0.2) is 54.6 Å². The largest absolute Gasteiger partial charge is 0.329 e. The zero-order valence-corrected chi connectivity index (χ0v) is 15.6. The highest BCUT2D eigenvalue weighted by Crippen LogP contribution is 2.24. The molecule has 0 aliphatic carbocycles. The van der Waals surface area contributed by atoms with E-state index < -0.39 is 28.0 Å². The van der Waals surface area contributed by atoms with E-state index in [0.29, 0.717) is 19.4 Å². The van der Waals surface area contributed by atoms with Gasteiger partial charge in [-0.05, 0) is 45.7 Å². The van der Waals surface area contributed by atoms with Crippen LogP contribution >= 0.6 is 0 Å².